The number of aromatic nitrogens is 7. The van der Waals surface area contributed by atoms with E-state index in [4.69, 9.17) is 0 Å². The van der Waals surface area contributed by atoms with Crippen molar-refractivity contribution >= 4 is 46.8 Å². The van der Waals surface area contributed by atoms with Crippen molar-refractivity contribution in [3.05, 3.63) is 84.1 Å². The molecule has 9 heteroatoms. The summed E-state index contributed by atoms with van der Waals surface area (Å²) in [6.45, 7) is 0. The van der Waals surface area contributed by atoms with Crippen LogP contribution in [-0.2, 0) is 0 Å². The number of aromatic amines is 2. The molecule has 0 radical (unpaired) electrons. The molecule has 0 atom stereocenters. The Kier molecular flexibility index (Phi) is 4.96. The average Bonchev–Trinajstić information content (AvgIpc) is 3.53. The molecule has 3 aromatic rings. The van der Waals surface area contributed by atoms with Gasteiger partial charge in [-0.3, -0.25) is 0 Å². The Bertz CT molecular complexity index is 1230. The molecule has 0 spiro atoms. The minimum atomic E-state index is 0.336. The highest BCUT2D eigenvalue weighted by molar-refractivity contribution is 5.83. The molecule has 0 amide bonds. The van der Waals surface area contributed by atoms with Crippen LogP contribution in [0.15, 0.2) is 72.0 Å². The van der Waals surface area contributed by atoms with Gasteiger partial charge in [0.2, 0.25) is 0 Å². The fourth-order valence-corrected chi connectivity index (χ4v) is 2.91. The van der Waals surface area contributed by atoms with Crippen molar-refractivity contribution in [2.75, 3.05) is 0 Å². The van der Waals surface area contributed by atoms with E-state index in [9.17, 15) is 0 Å². The van der Waals surface area contributed by atoms with E-state index in [-0.39, 0.29) is 0 Å². The first-order valence-corrected chi connectivity index (χ1v) is 9.56. The Hall–Kier alpha value is -4.66. The third kappa shape index (κ3) is 4.67. The summed E-state index contributed by atoms with van der Waals surface area (Å²) in [6, 6.07) is 9.66. The molecule has 31 heavy (non-hydrogen) atoms. The molecule has 0 saturated heterocycles. The van der Waals surface area contributed by atoms with E-state index in [0.29, 0.717) is 23.1 Å². The van der Waals surface area contributed by atoms with Gasteiger partial charge in [-0.15, -0.1) is 10.2 Å². The number of H-pyrrole nitrogens is 2. The minimum Gasteiger partial charge on any atom is -0.368 e. The van der Waals surface area contributed by atoms with Crippen molar-refractivity contribution in [2.24, 2.45) is 4.99 Å². The zero-order valence-electron chi connectivity index (χ0n) is 16.3. The summed E-state index contributed by atoms with van der Waals surface area (Å²) in [4.78, 5) is 23.6. The largest absolute Gasteiger partial charge is 0.368 e. The lowest BCUT2D eigenvalue weighted by molar-refractivity contribution is 1.10. The molecule has 3 N–H and O–H groups in total. The van der Waals surface area contributed by atoms with Gasteiger partial charge in [-0.25, -0.2) is 15.0 Å². The average molecular weight is 407 g/mol. The highest BCUT2D eigenvalue weighted by Gasteiger charge is 2.03. The lowest BCUT2D eigenvalue weighted by atomic mass is 10.3. The van der Waals surface area contributed by atoms with E-state index < -0.39 is 0 Å². The first-order chi connectivity index (χ1) is 15.3. The maximum absolute atomic E-state index is 4.53. The van der Waals surface area contributed by atoms with Crippen LogP contribution in [0.4, 0.5) is 5.95 Å². The Morgan fingerprint density at radius 3 is 2.19 bits per heavy atom. The molecule has 0 aromatic carbocycles. The van der Waals surface area contributed by atoms with Crippen LogP contribution in [-0.4, -0.2) is 41.3 Å². The van der Waals surface area contributed by atoms with Gasteiger partial charge in [-0.1, -0.05) is 12.2 Å². The van der Waals surface area contributed by atoms with Crippen LogP contribution in [0.2, 0.25) is 0 Å². The normalized spacial score (nSPS) is 13.4. The maximum atomic E-state index is 4.53. The molecular weight excluding hydrogens is 390 g/mol. The van der Waals surface area contributed by atoms with Gasteiger partial charge < -0.3 is 15.3 Å². The Morgan fingerprint density at radius 1 is 0.645 bits per heavy atom. The number of hydrogen-bond acceptors (Lipinski definition) is 7. The van der Waals surface area contributed by atoms with Gasteiger partial charge in [-0.05, 0) is 48.6 Å². The molecule has 3 aliphatic heterocycles. The number of nitrogens with zero attached hydrogens (tertiary/aromatic N) is 6. The Morgan fingerprint density at radius 2 is 1.39 bits per heavy atom. The van der Waals surface area contributed by atoms with Crippen LogP contribution >= 0.6 is 0 Å². The lowest BCUT2D eigenvalue weighted by Crippen LogP contribution is -1.87. The van der Waals surface area contributed by atoms with Crippen molar-refractivity contribution in [1.82, 2.24) is 40.4 Å². The van der Waals surface area contributed by atoms with Crippen LogP contribution < -0.4 is 5.32 Å². The van der Waals surface area contributed by atoms with Crippen molar-refractivity contribution in [3.8, 4) is 0 Å². The molecule has 3 aliphatic rings. The van der Waals surface area contributed by atoms with E-state index in [1.165, 1.54) is 0 Å². The van der Waals surface area contributed by atoms with Gasteiger partial charge >= 0.3 is 0 Å². The first kappa shape index (κ1) is 18.4. The van der Waals surface area contributed by atoms with Gasteiger partial charge in [0.05, 0.1) is 23.3 Å². The predicted molar refractivity (Wildman–Crippen MR) is 121 cm³/mol. The second-order valence-corrected chi connectivity index (χ2v) is 6.61. The van der Waals surface area contributed by atoms with Gasteiger partial charge in [0.25, 0.3) is 11.7 Å². The summed E-state index contributed by atoms with van der Waals surface area (Å²) < 4.78 is 0. The van der Waals surface area contributed by atoms with Crippen LogP contribution in [0, 0.1) is 0 Å². The second-order valence-electron chi connectivity index (χ2n) is 6.61. The summed E-state index contributed by atoms with van der Waals surface area (Å²) in [7, 11) is 0. The SMILES string of the molecule is C1=CC=CNC=C1.C1=Cc2cc3nnc(nc4nc(cc5ccc(cc1n2)[nH]5)C=N4)[nH]3. The summed E-state index contributed by atoms with van der Waals surface area (Å²) in [5.41, 5.74) is 4.84. The predicted octanol–water partition coefficient (Wildman–Crippen LogP) is 3.59. The fourth-order valence-electron chi connectivity index (χ4n) is 2.91. The Balaban J connectivity index is 0.000000250. The Labute approximate surface area is 176 Å². The van der Waals surface area contributed by atoms with Crippen molar-refractivity contribution < 1.29 is 0 Å². The zero-order chi connectivity index (χ0) is 20.9. The minimum absolute atomic E-state index is 0.336. The molecule has 3 aromatic heterocycles. The summed E-state index contributed by atoms with van der Waals surface area (Å²) in [5.74, 6) is 0.689. The summed E-state index contributed by atoms with van der Waals surface area (Å²) in [6.07, 6.45) is 17.1. The van der Waals surface area contributed by atoms with Crippen LogP contribution in [0.1, 0.15) is 17.1 Å². The third-order valence-electron chi connectivity index (χ3n) is 4.26. The summed E-state index contributed by atoms with van der Waals surface area (Å²) >= 11 is 0. The molecule has 0 fully saturated rings. The summed E-state index contributed by atoms with van der Waals surface area (Å²) in [5, 5.41) is 10.9. The highest BCUT2D eigenvalue weighted by atomic mass is 15.3. The van der Waals surface area contributed by atoms with E-state index in [1.54, 1.807) is 12.3 Å². The maximum Gasteiger partial charge on any atom is 0.253 e. The monoisotopic (exact) mass is 407 g/mol. The molecule has 6 heterocycles. The quantitative estimate of drug-likeness (QED) is 0.361. The van der Waals surface area contributed by atoms with Gasteiger partial charge in [0.1, 0.15) is 0 Å². The van der Waals surface area contributed by atoms with E-state index >= 15 is 0 Å². The molecule has 0 saturated carbocycles. The van der Waals surface area contributed by atoms with E-state index in [2.05, 4.69) is 45.4 Å². The number of rotatable bonds is 0. The lowest BCUT2D eigenvalue weighted by Gasteiger charge is -1.83. The van der Waals surface area contributed by atoms with Crippen molar-refractivity contribution in [2.45, 2.75) is 0 Å². The molecule has 150 valence electrons. The molecule has 6 rings (SSSR count). The molecule has 8 bridgehead atoms. The molecule has 0 aliphatic carbocycles. The number of aliphatic imine (C=N–C) groups is 1. The van der Waals surface area contributed by atoms with Crippen molar-refractivity contribution in [3.63, 3.8) is 0 Å². The van der Waals surface area contributed by atoms with Crippen LogP contribution in [0.5, 0.6) is 0 Å². The van der Waals surface area contributed by atoms with E-state index in [1.807, 2.05) is 73.1 Å². The number of allylic oxidation sites excluding steroid dienone is 4. The highest BCUT2D eigenvalue weighted by Crippen LogP contribution is 2.14. The van der Waals surface area contributed by atoms with Gasteiger partial charge in [0, 0.05) is 29.5 Å². The molecular formula is C22H17N9. The van der Waals surface area contributed by atoms with Crippen molar-refractivity contribution in [1.29, 1.82) is 0 Å². The number of fused-ring (bicyclic) bond motifs is 8. The topological polar surface area (TPSA) is 120 Å². The second kappa shape index (κ2) is 8.37. The third-order valence-corrected chi connectivity index (χ3v) is 4.26. The smallest absolute Gasteiger partial charge is 0.253 e. The zero-order valence-corrected chi connectivity index (χ0v) is 16.3. The standard InChI is InChI=1S/C16H10N8.C6H7N/c1-2-11-6-13-8-17-15(20-13)22-16-21-14(23-24-16)7-12-4-3-10(19-12)5-9(1)18-11;1-2-4-6-7-5-3-1/h1-8,18H,(H,17,20,21,22,23,24);1-7H. The first-order valence-electron chi connectivity index (χ1n) is 9.56. The van der Waals surface area contributed by atoms with E-state index in [0.717, 1.165) is 22.4 Å². The van der Waals surface area contributed by atoms with Crippen LogP contribution in [0.25, 0.3) is 34.6 Å². The fraction of sp³-hybridized carbons (Fsp3) is 0. The molecule has 9 nitrogen and oxygen atoms in total. The number of nitrogens with one attached hydrogen (secondary N) is 3. The van der Waals surface area contributed by atoms with Gasteiger partial charge in [-0.2, -0.15) is 4.98 Å². The number of hydrogen-bond donors (Lipinski definition) is 3. The molecule has 0 unspecified atom stereocenters. The van der Waals surface area contributed by atoms with Gasteiger partial charge in [0.15, 0.2) is 5.65 Å². The van der Waals surface area contributed by atoms with Crippen LogP contribution in [0.3, 0.4) is 0 Å².